The molecule has 0 aliphatic heterocycles. The fraction of sp³-hybridized carbons (Fsp3) is 0.588. The Morgan fingerprint density at radius 2 is 1.95 bits per heavy atom. The van der Waals surface area contributed by atoms with Crippen molar-refractivity contribution in [1.82, 2.24) is 0 Å². The number of carbonyl (C=O) groups excluding carboxylic acids is 1. The number of benzene rings is 1. The van der Waals surface area contributed by atoms with Crippen molar-refractivity contribution in [2.24, 2.45) is 5.41 Å². The summed E-state index contributed by atoms with van der Waals surface area (Å²) in [5.41, 5.74) is 2.51. The molecule has 19 heavy (non-hydrogen) atoms. The lowest BCUT2D eigenvalue weighted by molar-refractivity contribution is -0.161. The van der Waals surface area contributed by atoms with Gasteiger partial charge in [-0.3, -0.25) is 4.79 Å². The maximum Gasteiger partial charge on any atom is 0.312 e. The third kappa shape index (κ3) is 3.37. The standard InChI is InChI=1S/C17H24O2/c1-3-19-16(18)17(12-5-13-17)11-4-6-15-9-7-14(2)8-10-15/h7-10H,3-6,11-13H2,1-2H3. The second-order valence-corrected chi connectivity index (χ2v) is 5.69. The van der Waals surface area contributed by atoms with Crippen LogP contribution in [0.15, 0.2) is 24.3 Å². The third-order valence-corrected chi connectivity index (χ3v) is 4.26. The first-order chi connectivity index (χ1) is 9.16. The van der Waals surface area contributed by atoms with Gasteiger partial charge in [0.15, 0.2) is 0 Å². The van der Waals surface area contributed by atoms with Gasteiger partial charge in [0.1, 0.15) is 0 Å². The van der Waals surface area contributed by atoms with Gasteiger partial charge in [0, 0.05) is 0 Å². The molecule has 0 atom stereocenters. The molecular formula is C17H24O2. The zero-order valence-electron chi connectivity index (χ0n) is 12.1. The molecule has 1 aliphatic rings. The highest BCUT2D eigenvalue weighted by molar-refractivity contribution is 5.77. The van der Waals surface area contributed by atoms with Crippen molar-refractivity contribution in [3.05, 3.63) is 35.4 Å². The largest absolute Gasteiger partial charge is 0.466 e. The molecule has 1 aliphatic carbocycles. The van der Waals surface area contributed by atoms with Gasteiger partial charge in [0.05, 0.1) is 12.0 Å². The summed E-state index contributed by atoms with van der Waals surface area (Å²) in [6, 6.07) is 8.68. The molecule has 1 saturated carbocycles. The molecule has 104 valence electrons. The Morgan fingerprint density at radius 3 is 2.47 bits per heavy atom. The van der Waals surface area contributed by atoms with E-state index in [2.05, 4.69) is 31.2 Å². The molecule has 1 aromatic carbocycles. The topological polar surface area (TPSA) is 26.3 Å². The van der Waals surface area contributed by atoms with Crippen LogP contribution in [0.4, 0.5) is 0 Å². The Bertz CT molecular complexity index is 415. The first kappa shape index (κ1) is 14.1. The van der Waals surface area contributed by atoms with Gasteiger partial charge < -0.3 is 4.74 Å². The van der Waals surface area contributed by atoms with Gasteiger partial charge >= 0.3 is 5.97 Å². The molecule has 0 bridgehead atoms. The lowest BCUT2D eigenvalue weighted by Crippen LogP contribution is -2.39. The summed E-state index contributed by atoms with van der Waals surface area (Å²) in [4.78, 5) is 12.0. The Balaban J connectivity index is 1.83. The van der Waals surface area contributed by atoms with E-state index in [0.29, 0.717) is 6.61 Å². The number of rotatable bonds is 6. The minimum atomic E-state index is -0.152. The molecule has 0 unspecified atom stereocenters. The van der Waals surface area contributed by atoms with Crippen LogP contribution < -0.4 is 0 Å². The molecule has 2 heteroatoms. The predicted molar refractivity (Wildman–Crippen MR) is 77.0 cm³/mol. The van der Waals surface area contributed by atoms with Crippen LogP contribution in [0.3, 0.4) is 0 Å². The van der Waals surface area contributed by atoms with E-state index in [-0.39, 0.29) is 11.4 Å². The summed E-state index contributed by atoms with van der Waals surface area (Å²) in [6.07, 6.45) is 6.30. The van der Waals surface area contributed by atoms with E-state index in [1.165, 1.54) is 17.5 Å². The van der Waals surface area contributed by atoms with Gasteiger partial charge in [0.25, 0.3) is 0 Å². The van der Waals surface area contributed by atoms with E-state index in [9.17, 15) is 4.79 Å². The monoisotopic (exact) mass is 260 g/mol. The highest BCUT2D eigenvalue weighted by Gasteiger charge is 2.44. The van der Waals surface area contributed by atoms with Crippen molar-refractivity contribution in [3.8, 4) is 0 Å². The second-order valence-electron chi connectivity index (χ2n) is 5.69. The molecule has 2 rings (SSSR count). The molecule has 1 fully saturated rings. The summed E-state index contributed by atoms with van der Waals surface area (Å²) >= 11 is 0. The molecule has 0 amide bonds. The van der Waals surface area contributed by atoms with E-state index in [0.717, 1.165) is 32.1 Å². The first-order valence-corrected chi connectivity index (χ1v) is 7.39. The molecule has 0 spiro atoms. The number of esters is 1. The lowest BCUT2D eigenvalue weighted by Gasteiger charge is -2.39. The highest BCUT2D eigenvalue weighted by atomic mass is 16.5. The number of hydrogen-bond donors (Lipinski definition) is 0. The van der Waals surface area contributed by atoms with E-state index < -0.39 is 0 Å². The van der Waals surface area contributed by atoms with Crippen LogP contribution in [0, 0.1) is 12.3 Å². The zero-order valence-corrected chi connectivity index (χ0v) is 12.1. The highest BCUT2D eigenvalue weighted by Crippen LogP contribution is 2.46. The molecule has 1 aromatic rings. The van der Waals surface area contributed by atoms with Crippen molar-refractivity contribution in [3.63, 3.8) is 0 Å². The van der Waals surface area contributed by atoms with Gasteiger partial charge in [0.2, 0.25) is 0 Å². The van der Waals surface area contributed by atoms with Gasteiger partial charge in [-0.25, -0.2) is 0 Å². The molecule has 0 aromatic heterocycles. The molecular weight excluding hydrogens is 236 g/mol. The van der Waals surface area contributed by atoms with Crippen molar-refractivity contribution in [2.75, 3.05) is 6.61 Å². The van der Waals surface area contributed by atoms with Gasteiger partial charge in [-0.1, -0.05) is 36.2 Å². The summed E-state index contributed by atoms with van der Waals surface area (Å²) in [6.45, 7) is 4.49. The van der Waals surface area contributed by atoms with Crippen LogP contribution in [0.1, 0.15) is 50.2 Å². The normalized spacial score (nSPS) is 16.7. The van der Waals surface area contributed by atoms with E-state index in [4.69, 9.17) is 4.74 Å². The number of ether oxygens (including phenoxy) is 1. The number of aryl methyl sites for hydroxylation is 2. The first-order valence-electron chi connectivity index (χ1n) is 7.39. The molecule has 0 N–H and O–H groups in total. The minimum Gasteiger partial charge on any atom is -0.466 e. The maximum atomic E-state index is 12.0. The van der Waals surface area contributed by atoms with Crippen LogP contribution in [-0.2, 0) is 16.0 Å². The second kappa shape index (κ2) is 6.23. The molecule has 0 heterocycles. The van der Waals surface area contributed by atoms with Crippen LogP contribution in [0.5, 0.6) is 0 Å². The van der Waals surface area contributed by atoms with Crippen LogP contribution >= 0.6 is 0 Å². The molecule has 0 saturated heterocycles. The average Bonchev–Trinajstić information content (AvgIpc) is 2.35. The third-order valence-electron chi connectivity index (χ3n) is 4.26. The van der Waals surface area contributed by atoms with Crippen LogP contribution in [-0.4, -0.2) is 12.6 Å². The Hall–Kier alpha value is -1.31. The Labute approximate surface area is 116 Å². The molecule has 2 nitrogen and oxygen atoms in total. The Morgan fingerprint density at radius 1 is 1.26 bits per heavy atom. The van der Waals surface area contributed by atoms with Gasteiger partial charge in [-0.2, -0.15) is 0 Å². The average molecular weight is 260 g/mol. The minimum absolute atomic E-state index is 0.0326. The SMILES string of the molecule is CCOC(=O)C1(CCCc2ccc(C)cc2)CCC1. The summed E-state index contributed by atoms with van der Waals surface area (Å²) in [5.74, 6) is 0.0326. The number of carbonyl (C=O) groups is 1. The summed E-state index contributed by atoms with van der Waals surface area (Å²) in [5, 5.41) is 0. The van der Waals surface area contributed by atoms with E-state index in [1.54, 1.807) is 0 Å². The quantitative estimate of drug-likeness (QED) is 0.721. The predicted octanol–water partition coefficient (Wildman–Crippen LogP) is 4.05. The van der Waals surface area contributed by atoms with Gasteiger partial charge in [-0.15, -0.1) is 0 Å². The molecule has 0 radical (unpaired) electrons. The smallest absolute Gasteiger partial charge is 0.312 e. The van der Waals surface area contributed by atoms with Crippen LogP contribution in [0.25, 0.3) is 0 Å². The Kier molecular flexibility index (Phi) is 4.62. The lowest BCUT2D eigenvalue weighted by atomic mass is 9.66. The summed E-state index contributed by atoms with van der Waals surface area (Å²) < 4.78 is 5.23. The number of hydrogen-bond acceptors (Lipinski definition) is 2. The maximum absolute atomic E-state index is 12.0. The fourth-order valence-electron chi connectivity index (χ4n) is 2.83. The van der Waals surface area contributed by atoms with E-state index >= 15 is 0 Å². The van der Waals surface area contributed by atoms with Crippen molar-refractivity contribution >= 4 is 5.97 Å². The fourth-order valence-corrected chi connectivity index (χ4v) is 2.83. The van der Waals surface area contributed by atoms with Crippen molar-refractivity contribution < 1.29 is 9.53 Å². The van der Waals surface area contributed by atoms with Gasteiger partial charge in [-0.05, 0) is 51.5 Å². The van der Waals surface area contributed by atoms with E-state index in [1.807, 2.05) is 6.92 Å². The van der Waals surface area contributed by atoms with Crippen LogP contribution in [0.2, 0.25) is 0 Å². The van der Waals surface area contributed by atoms with Crippen molar-refractivity contribution in [2.45, 2.75) is 52.4 Å². The van der Waals surface area contributed by atoms with Crippen molar-refractivity contribution in [1.29, 1.82) is 0 Å². The zero-order chi connectivity index (χ0) is 13.7. The summed E-state index contributed by atoms with van der Waals surface area (Å²) in [7, 11) is 0.